The predicted octanol–water partition coefficient (Wildman–Crippen LogP) is 1.90. The number of nitrogens with two attached hydrogens (primary N) is 1. The molecule has 0 amide bonds. The second-order valence-corrected chi connectivity index (χ2v) is 15.9. The van der Waals surface area contributed by atoms with Crippen molar-refractivity contribution in [2.75, 3.05) is 6.26 Å². The molecule has 0 spiro atoms. The van der Waals surface area contributed by atoms with Crippen molar-refractivity contribution in [3.05, 3.63) is 29.8 Å². The Labute approximate surface area is 90.3 Å². The summed E-state index contributed by atoms with van der Waals surface area (Å²) in [7, 11) is 2.05. The first kappa shape index (κ1) is 11.4. The summed E-state index contributed by atoms with van der Waals surface area (Å²) in [5, 5.41) is 0. The normalized spacial score (nSPS) is 12.6. The molecular formula is C10H16NSSn+. The van der Waals surface area contributed by atoms with Gasteiger partial charge < -0.3 is 0 Å². The minimum atomic E-state index is -1.35. The summed E-state index contributed by atoms with van der Waals surface area (Å²) in [4.78, 5) is 2.41. The molecule has 0 radical (unpaired) electrons. The Morgan fingerprint density at radius 2 is 2.00 bits per heavy atom. The molecule has 0 bridgehead atoms. The summed E-state index contributed by atoms with van der Waals surface area (Å²) in [6, 6.07) is 8.81. The number of hydrogen-bond donors (Lipinski definition) is 1. The van der Waals surface area contributed by atoms with E-state index in [1.54, 1.807) is 3.58 Å². The Bertz CT molecular complexity index is 275. The van der Waals surface area contributed by atoms with Crippen LogP contribution in [0.3, 0.4) is 0 Å². The van der Waals surface area contributed by atoms with Crippen molar-refractivity contribution in [3.8, 4) is 0 Å². The monoisotopic (exact) mass is 302 g/mol. The first-order valence-electron chi connectivity index (χ1n) is 4.39. The van der Waals surface area contributed by atoms with Crippen molar-refractivity contribution in [3.63, 3.8) is 0 Å². The Kier molecular flexibility index (Phi) is 4.62. The topological polar surface area (TPSA) is 26.0 Å². The third kappa shape index (κ3) is 2.89. The average Bonchev–Trinajstić information content (AvgIpc) is 2.16. The Morgan fingerprint density at radius 1 is 1.38 bits per heavy atom. The molecular weight excluding hydrogens is 285 g/mol. The van der Waals surface area contributed by atoms with Gasteiger partial charge in [0, 0.05) is 0 Å². The van der Waals surface area contributed by atoms with E-state index in [1.165, 1.54) is 5.56 Å². The Morgan fingerprint density at radius 3 is 2.54 bits per heavy atom. The number of benzene rings is 1. The van der Waals surface area contributed by atoms with Gasteiger partial charge in [-0.05, 0) is 0 Å². The van der Waals surface area contributed by atoms with E-state index in [9.17, 15) is 0 Å². The van der Waals surface area contributed by atoms with Crippen LogP contribution in [0, 0.1) is 0 Å². The summed E-state index contributed by atoms with van der Waals surface area (Å²) in [6.45, 7) is 2.07. The molecule has 1 nitrogen and oxygen atoms in total. The fourth-order valence-corrected chi connectivity index (χ4v) is 7.67. The first-order valence-corrected chi connectivity index (χ1v) is 13.4. The van der Waals surface area contributed by atoms with Crippen LogP contribution in [0.15, 0.2) is 24.3 Å². The third-order valence-corrected chi connectivity index (χ3v) is 12.9. The summed E-state index contributed by atoms with van der Waals surface area (Å²) in [5.74, 6) is 0. The van der Waals surface area contributed by atoms with E-state index < -0.39 is 18.4 Å². The standard InChI is InChI=1S/C8H10N.CH4S.CH3.Sn/c1-7(9)8-5-3-2-4-6-8;1-2;;/h2-5,7H,9H2,1H3;2H,1H3;1H3;/q;;;+2/p-1. The maximum atomic E-state index is 5.93. The van der Waals surface area contributed by atoms with E-state index in [-0.39, 0.29) is 6.04 Å². The predicted molar refractivity (Wildman–Crippen MR) is 63.8 cm³/mol. The Hall–Kier alpha value is 0.329. The summed E-state index contributed by atoms with van der Waals surface area (Å²) >= 11 is -1.35. The molecule has 0 aliphatic heterocycles. The fourth-order valence-electron chi connectivity index (χ4n) is 1.32. The van der Waals surface area contributed by atoms with Gasteiger partial charge in [-0.2, -0.15) is 0 Å². The molecule has 0 saturated carbocycles. The van der Waals surface area contributed by atoms with Crippen molar-refractivity contribution < 1.29 is 0 Å². The van der Waals surface area contributed by atoms with Crippen LogP contribution < -0.4 is 9.31 Å². The van der Waals surface area contributed by atoms with E-state index in [0.717, 1.165) is 0 Å². The molecule has 13 heavy (non-hydrogen) atoms. The molecule has 1 atom stereocenters. The van der Waals surface area contributed by atoms with Crippen LogP contribution in [0.4, 0.5) is 0 Å². The van der Waals surface area contributed by atoms with Gasteiger partial charge in [-0.15, -0.1) is 0 Å². The van der Waals surface area contributed by atoms with Crippen molar-refractivity contribution in [2.45, 2.75) is 17.9 Å². The molecule has 1 aromatic carbocycles. The van der Waals surface area contributed by atoms with E-state index in [0.29, 0.717) is 0 Å². The first-order chi connectivity index (χ1) is 6.16. The molecule has 0 fully saturated rings. The van der Waals surface area contributed by atoms with Crippen molar-refractivity contribution in [1.29, 1.82) is 0 Å². The zero-order chi connectivity index (χ0) is 9.84. The second kappa shape index (κ2) is 5.27. The quantitative estimate of drug-likeness (QED) is 0.863. The van der Waals surface area contributed by atoms with Gasteiger partial charge in [-0.25, -0.2) is 0 Å². The van der Waals surface area contributed by atoms with E-state index in [2.05, 4.69) is 51.3 Å². The Balaban J connectivity index is 3.04. The zero-order valence-corrected chi connectivity index (χ0v) is 12.0. The van der Waals surface area contributed by atoms with E-state index >= 15 is 0 Å². The van der Waals surface area contributed by atoms with Crippen LogP contribution in [-0.4, -0.2) is 24.6 Å². The zero-order valence-electron chi connectivity index (χ0n) is 8.37. The van der Waals surface area contributed by atoms with Gasteiger partial charge in [-0.3, -0.25) is 0 Å². The van der Waals surface area contributed by atoms with Gasteiger partial charge in [0.1, 0.15) is 0 Å². The van der Waals surface area contributed by atoms with Crippen molar-refractivity contribution in [2.24, 2.45) is 5.73 Å². The average molecular weight is 301 g/mol. The van der Waals surface area contributed by atoms with Crippen LogP contribution in [-0.2, 0) is 0 Å². The van der Waals surface area contributed by atoms with E-state index in [4.69, 9.17) is 5.73 Å². The molecule has 70 valence electrons. The van der Waals surface area contributed by atoms with Gasteiger partial charge >= 0.3 is 90.6 Å². The molecule has 1 rings (SSSR count). The number of hydrogen-bond acceptors (Lipinski definition) is 2. The van der Waals surface area contributed by atoms with Gasteiger partial charge in [0.25, 0.3) is 0 Å². The van der Waals surface area contributed by atoms with Crippen LogP contribution in [0.25, 0.3) is 0 Å². The second-order valence-electron chi connectivity index (χ2n) is 3.14. The summed E-state index contributed by atoms with van der Waals surface area (Å²) in [5.41, 5.74) is 7.28. The minimum absolute atomic E-state index is 0.180. The third-order valence-electron chi connectivity index (χ3n) is 2.14. The SMILES string of the molecule is C[S][Sn+]([CH3])[c]1ccccc1C(C)N. The van der Waals surface area contributed by atoms with Gasteiger partial charge in [-0.1, -0.05) is 0 Å². The molecule has 0 aromatic heterocycles. The molecule has 1 aromatic rings. The van der Waals surface area contributed by atoms with Gasteiger partial charge in [0.05, 0.1) is 0 Å². The molecule has 0 aliphatic carbocycles. The van der Waals surface area contributed by atoms with Crippen LogP contribution in [0.2, 0.25) is 4.94 Å². The van der Waals surface area contributed by atoms with Crippen LogP contribution in [0.1, 0.15) is 18.5 Å². The molecule has 0 aliphatic rings. The maximum absolute atomic E-state index is 5.93. The summed E-state index contributed by atoms with van der Waals surface area (Å²) < 4.78 is 1.56. The fraction of sp³-hybridized carbons (Fsp3) is 0.400. The van der Waals surface area contributed by atoms with Crippen LogP contribution >= 0.6 is 8.95 Å². The molecule has 1 unspecified atom stereocenters. The van der Waals surface area contributed by atoms with Crippen LogP contribution in [0.5, 0.6) is 0 Å². The number of rotatable bonds is 3. The van der Waals surface area contributed by atoms with E-state index in [1.807, 2.05) is 0 Å². The molecule has 2 N–H and O–H groups in total. The van der Waals surface area contributed by atoms with Crippen molar-refractivity contribution >= 4 is 30.9 Å². The summed E-state index contributed by atoms with van der Waals surface area (Å²) in [6.07, 6.45) is 2.22. The van der Waals surface area contributed by atoms with Gasteiger partial charge in [0.2, 0.25) is 0 Å². The van der Waals surface area contributed by atoms with Crippen molar-refractivity contribution in [1.82, 2.24) is 0 Å². The molecule has 0 saturated heterocycles. The molecule has 3 heteroatoms. The molecule has 0 heterocycles. The van der Waals surface area contributed by atoms with Gasteiger partial charge in [0.15, 0.2) is 0 Å².